The lowest BCUT2D eigenvalue weighted by molar-refractivity contribution is 0.608. The molecule has 0 fully saturated rings. The van der Waals surface area contributed by atoms with Crippen LogP contribution in [0.5, 0.6) is 0 Å². The molecule has 0 atom stereocenters. The molecule has 0 aliphatic rings. The lowest BCUT2D eigenvalue weighted by Gasteiger charge is -2.09. The molecule has 0 radical (unpaired) electrons. The average molecular weight is 397 g/mol. The van der Waals surface area contributed by atoms with Crippen molar-refractivity contribution in [1.29, 1.82) is 0 Å². The monoisotopic (exact) mass is 397 g/mol. The van der Waals surface area contributed by atoms with Gasteiger partial charge in [0, 0.05) is 12.2 Å². The molecule has 0 aliphatic carbocycles. The first-order valence-electron chi connectivity index (χ1n) is 10.3. The van der Waals surface area contributed by atoms with Crippen LogP contribution < -0.4 is 5.56 Å². The van der Waals surface area contributed by atoms with E-state index in [9.17, 15) is 4.79 Å². The van der Waals surface area contributed by atoms with Gasteiger partial charge in [-0.2, -0.15) is 0 Å². The van der Waals surface area contributed by atoms with Crippen LogP contribution in [0.2, 0.25) is 0 Å². The molecule has 6 nitrogen and oxygen atoms in total. The first-order chi connectivity index (χ1) is 14.6. The lowest BCUT2D eigenvalue weighted by atomic mass is 10.1. The molecule has 150 valence electrons. The zero-order chi connectivity index (χ0) is 20.8. The molecule has 5 rings (SSSR count). The van der Waals surface area contributed by atoms with Crippen LogP contribution in [0, 0.1) is 13.8 Å². The second-order valence-electron chi connectivity index (χ2n) is 7.86. The minimum absolute atomic E-state index is 0.0637. The molecule has 0 bridgehead atoms. The Balaban J connectivity index is 1.95. The van der Waals surface area contributed by atoms with Crippen molar-refractivity contribution >= 4 is 33.2 Å². The Morgan fingerprint density at radius 1 is 0.933 bits per heavy atom. The Hall–Kier alpha value is -3.54. The molecule has 0 aliphatic heterocycles. The van der Waals surface area contributed by atoms with Crippen molar-refractivity contribution < 1.29 is 0 Å². The van der Waals surface area contributed by atoms with Crippen molar-refractivity contribution in [2.75, 3.05) is 0 Å². The molecule has 5 aromatic rings. The van der Waals surface area contributed by atoms with Crippen molar-refractivity contribution in [2.45, 2.75) is 40.2 Å². The number of nitrogens with zero attached hydrogens (tertiary/aromatic N) is 5. The standard InChI is InChI=1S/C24H23N5O/c1-4-5-10-28-14-25-22-20(24(28)30)21-23(27-19-9-7-6-8-18(19)26-21)29(22)17-12-15(2)11-16(3)13-17/h6-9,11-14H,4-5,10H2,1-3H3. The predicted molar refractivity (Wildman–Crippen MR) is 120 cm³/mol. The molecule has 0 saturated carbocycles. The minimum atomic E-state index is -0.0637. The molecule has 0 saturated heterocycles. The van der Waals surface area contributed by atoms with Gasteiger partial charge in [-0.05, 0) is 55.7 Å². The summed E-state index contributed by atoms with van der Waals surface area (Å²) >= 11 is 0. The van der Waals surface area contributed by atoms with Crippen LogP contribution in [-0.4, -0.2) is 24.1 Å². The van der Waals surface area contributed by atoms with Gasteiger partial charge >= 0.3 is 0 Å². The second kappa shape index (κ2) is 7.06. The fourth-order valence-electron chi connectivity index (χ4n) is 4.08. The summed E-state index contributed by atoms with van der Waals surface area (Å²) in [6.45, 7) is 6.89. The van der Waals surface area contributed by atoms with Gasteiger partial charge in [-0.3, -0.25) is 13.9 Å². The highest BCUT2D eigenvalue weighted by molar-refractivity contribution is 6.05. The summed E-state index contributed by atoms with van der Waals surface area (Å²) in [4.78, 5) is 27.8. The summed E-state index contributed by atoms with van der Waals surface area (Å²) in [5.41, 5.74) is 6.59. The number of benzene rings is 2. The fraction of sp³-hybridized carbons (Fsp3) is 0.250. The largest absolute Gasteiger partial charge is 0.299 e. The van der Waals surface area contributed by atoms with Crippen LogP contribution in [0.4, 0.5) is 0 Å². The molecule has 0 N–H and O–H groups in total. The van der Waals surface area contributed by atoms with Crippen molar-refractivity contribution in [3.63, 3.8) is 0 Å². The van der Waals surface area contributed by atoms with Gasteiger partial charge in [-0.25, -0.2) is 15.0 Å². The molecular weight excluding hydrogens is 374 g/mol. The van der Waals surface area contributed by atoms with Crippen molar-refractivity contribution in [3.8, 4) is 5.69 Å². The number of para-hydroxylation sites is 2. The van der Waals surface area contributed by atoms with Gasteiger partial charge in [0.2, 0.25) is 0 Å². The van der Waals surface area contributed by atoms with Crippen LogP contribution >= 0.6 is 0 Å². The third kappa shape index (κ3) is 2.87. The quantitative estimate of drug-likeness (QED) is 0.441. The first kappa shape index (κ1) is 18.5. The fourth-order valence-corrected chi connectivity index (χ4v) is 4.08. The van der Waals surface area contributed by atoms with E-state index in [1.807, 2.05) is 28.8 Å². The second-order valence-corrected chi connectivity index (χ2v) is 7.86. The predicted octanol–water partition coefficient (Wildman–Crippen LogP) is 4.70. The number of hydrogen-bond donors (Lipinski definition) is 0. The van der Waals surface area contributed by atoms with E-state index in [2.05, 4.69) is 39.0 Å². The molecular formula is C24H23N5O. The van der Waals surface area contributed by atoms with Gasteiger partial charge in [0.05, 0.1) is 17.4 Å². The molecule has 0 amide bonds. The number of unbranched alkanes of at least 4 members (excludes halogenated alkanes) is 1. The minimum Gasteiger partial charge on any atom is -0.299 e. The molecule has 0 unspecified atom stereocenters. The zero-order valence-electron chi connectivity index (χ0n) is 17.4. The van der Waals surface area contributed by atoms with E-state index in [-0.39, 0.29) is 5.56 Å². The van der Waals surface area contributed by atoms with Crippen LogP contribution in [0.1, 0.15) is 30.9 Å². The maximum absolute atomic E-state index is 13.4. The van der Waals surface area contributed by atoms with Gasteiger partial charge in [0.25, 0.3) is 5.56 Å². The molecule has 0 spiro atoms. The van der Waals surface area contributed by atoms with Crippen LogP contribution in [0.15, 0.2) is 53.6 Å². The SMILES string of the molecule is CCCCn1cnc2c(c1=O)c1nc3ccccc3nc1n2-c1cc(C)cc(C)c1. The molecule has 30 heavy (non-hydrogen) atoms. The Morgan fingerprint density at radius 3 is 2.33 bits per heavy atom. The van der Waals surface area contributed by atoms with Gasteiger partial charge in [0.15, 0.2) is 11.3 Å². The highest BCUT2D eigenvalue weighted by Gasteiger charge is 2.21. The van der Waals surface area contributed by atoms with Gasteiger partial charge in [-0.1, -0.05) is 31.5 Å². The summed E-state index contributed by atoms with van der Waals surface area (Å²) in [7, 11) is 0. The smallest absolute Gasteiger partial charge is 0.265 e. The maximum Gasteiger partial charge on any atom is 0.265 e. The Morgan fingerprint density at radius 2 is 1.63 bits per heavy atom. The van der Waals surface area contributed by atoms with E-state index in [1.165, 1.54) is 0 Å². The number of hydrogen-bond acceptors (Lipinski definition) is 4. The van der Waals surface area contributed by atoms with E-state index >= 15 is 0 Å². The summed E-state index contributed by atoms with van der Waals surface area (Å²) in [6.07, 6.45) is 3.59. The van der Waals surface area contributed by atoms with Crippen molar-refractivity contribution in [3.05, 3.63) is 70.3 Å². The summed E-state index contributed by atoms with van der Waals surface area (Å²) in [6, 6.07) is 14.1. The number of fused-ring (bicyclic) bond motifs is 4. The van der Waals surface area contributed by atoms with Crippen molar-refractivity contribution in [1.82, 2.24) is 24.1 Å². The van der Waals surface area contributed by atoms with Gasteiger partial charge in [-0.15, -0.1) is 0 Å². The van der Waals surface area contributed by atoms with Crippen molar-refractivity contribution in [2.24, 2.45) is 0 Å². The summed E-state index contributed by atoms with van der Waals surface area (Å²) < 4.78 is 3.66. The first-order valence-corrected chi connectivity index (χ1v) is 10.3. The summed E-state index contributed by atoms with van der Waals surface area (Å²) in [5, 5.41) is 0.529. The van der Waals surface area contributed by atoms with Crippen LogP contribution in [-0.2, 0) is 6.54 Å². The van der Waals surface area contributed by atoms with E-state index in [0.29, 0.717) is 28.7 Å². The zero-order valence-corrected chi connectivity index (χ0v) is 17.4. The molecule has 3 heterocycles. The number of aryl methyl sites for hydroxylation is 3. The number of aromatic nitrogens is 5. The number of rotatable bonds is 4. The molecule has 6 heteroatoms. The van der Waals surface area contributed by atoms with Crippen LogP contribution in [0.3, 0.4) is 0 Å². The lowest BCUT2D eigenvalue weighted by Crippen LogP contribution is -2.20. The van der Waals surface area contributed by atoms with E-state index in [4.69, 9.17) is 15.0 Å². The van der Waals surface area contributed by atoms with E-state index in [1.54, 1.807) is 10.9 Å². The maximum atomic E-state index is 13.4. The van der Waals surface area contributed by atoms with E-state index < -0.39 is 0 Å². The third-order valence-corrected chi connectivity index (χ3v) is 5.45. The average Bonchev–Trinajstić information content (AvgIpc) is 3.04. The Kier molecular flexibility index (Phi) is 4.35. The Bertz CT molecular complexity index is 1460. The molecule has 2 aromatic carbocycles. The van der Waals surface area contributed by atoms with Crippen LogP contribution in [0.25, 0.3) is 38.9 Å². The highest BCUT2D eigenvalue weighted by Crippen LogP contribution is 2.29. The van der Waals surface area contributed by atoms with E-state index in [0.717, 1.165) is 40.7 Å². The topological polar surface area (TPSA) is 65.6 Å². The Labute approximate surface area is 173 Å². The highest BCUT2D eigenvalue weighted by atomic mass is 16.1. The summed E-state index contributed by atoms with van der Waals surface area (Å²) in [5.74, 6) is 0. The third-order valence-electron chi connectivity index (χ3n) is 5.45. The van der Waals surface area contributed by atoms with Gasteiger partial charge in [0.1, 0.15) is 10.9 Å². The normalized spacial score (nSPS) is 11.7. The van der Waals surface area contributed by atoms with Gasteiger partial charge < -0.3 is 0 Å². The molecule has 3 aromatic heterocycles.